The molecule has 2 aromatic carbocycles. The summed E-state index contributed by atoms with van der Waals surface area (Å²) in [5.41, 5.74) is 1.12. The fourth-order valence-corrected chi connectivity index (χ4v) is 1.69. The lowest BCUT2D eigenvalue weighted by atomic mass is 10.1. The molecule has 96 valence electrons. The lowest BCUT2D eigenvalue weighted by Gasteiger charge is -2.13. The zero-order chi connectivity index (χ0) is 13.7. The van der Waals surface area contributed by atoms with Gasteiger partial charge in [0.05, 0.1) is 0 Å². The molecule has 0 aromatic heterocycles. The van der Waals surface area contributed by atoms with E-state index >= 15 is 0 Å². The quantitative estimate of drug-likeness (QED) is 0.822. The second-order valence-corrected chi connectivity index (χ2v) is 4.04. The highest BCUT2D eigenvalue weighted by molar-refractivity contribution is 5.95. The zero-order valence-corrected chi connectivity index (χ0v) is 10.1. The first-order valence-electron chi connectivity index (χ1n) is 5.81. The summed E-state index contributed by atoms with van der Waals surface area (Å²) in [6.45, 7) is 0. The number of phenolic OH excluding ortho intramolecular Hbond substituents is 1. The average molecular weight is 255 g/mol. The van der Waals surface area contributed by atoms with Crippen LogP contribution in [0.5, 0.6) is 5.75 Å². The Kier molecular flexibility index (Phi) is 3.93. The van der Waals surface area contributed by atoms with E-state index in [2.05, 4.69) is 5.32 Å². The van der Waals surface area contributed by atoms with Crippen LogP contribution in [0.4, 0.5) is 0 Å². The van der Waals surface area contributed by atoms with Gasteiger partial charge in [-0.25, -0.2) is 0 Å². The molecule has 0 aliphatic rings. The van der Waals surface area contributed by atoms with Crippen molar-refractivity contribution in [3.8, 4) is 5.75 Å². The van der Waals surface area contributed by atoms with E-state index in [-0.39, 0.29) is 11.7 Å². The molecule has 2 N–H and O–H groups in total. The Bertz CT molecular complexity index is 564. The maximum Gasteiger partial charge on any atom is 0.252 e. The van der Waals surface area contributed by atoms with Crippen LogP contribution in [0.15, 0.2) is 54.6 Å². The molecule has 0 saturated heterocycles. The van der Waals surface area contributed by atoms with Crippen LogP contribution in [0.1, 0.15) is 22.0 Å². The fourth-order valence-electron chi connectivity index (χ4n) is 1.69. The molecule has 2 rings (SSSR count). The van der Waals surface area contributed by atoms with E-state index < -0.39 is 6.04 Å². The number of benzene rings is 2. The Morgan fingerprint density at radius 2 is 1.68 bits per heavy atom. The van der Waals surface area contributed by atoms with Gasteiger partial charge < -0.3 is 15.2 Å². The minimum absolute atomic E-state index is 0.0894. The van der Waals surface area contributed by atoms with Gasteiger partial charge in [-0.05, 0) is 29.8 Å². The van der Waals surface area contributed by atoms with Crippen molar-refractivity contribution in [2.24, 2.45) is 0 Å². The predicted octanol–water partition coefficient (Wildman–Crippen LogP) is 2.06. The van der Waals surface area contributed by atoms with E-state index in [0.717, 1.165) is 5.56 Å². The third-order valence-corrected chi connectivity index (χ3v) is 2.71. The van der Waals surface area contributed by atoms with E-state index in [4.69, 9.17) is 5.11 Å². The molecule has 2 aromatic rings. The number of amides is 1. The monoisotopic (exact) mass is 255 g/mol. The van der Waals surface area contributed by atoms with E-state index in [9.17, 15) is 9.59 Å². The number of nitrogens with one attached hydrogen (secondary N) is 1. The van der Waals surface area contributed by atoms with Crippen LogP contribution in [0.2, 0.25) is 0 Å². The van der Waals surface area contributed by atoms with Crippen molar-refractivity contribution in [3.63, 3.8) is 0 Å². The Labute approximate surface area is 110 Å². The van der Waals surface area contributed by atoms with Gasteiger partial charge in [0.25, 0.3) is 5.91 Å². The number of hydrogen-bond donors (Lipinski definition) is 2. The molecule has 0 spiro atoms. The number of aldehydes is 1. The van der Waals surface area contributed by atoms with Crippen LogP contribution >= 0.6 is 0 Å². The number of aromatic hydroxyl groups is 1. The van der Waals surface area contributed by atoms with Crippen molar-refractivity contribution in [3.05, 3.63) is 65.7 Å². The van der Waals surface area contributed by atoms with Crippen molar-refractivity contribution < 1.29 is 14.7 Å². The molecule has 0 aliphatic carbocycles. The second kappa shape index (κ2) is 5.82. The number of hydrogen-bond acceptors (Lipinski definition) is 3. The highest BCUT2D eigenvalue weighted by atomic mass is 16.3. The van der Waals surface area contributed by atoms with E-state index in [1.165, 1.54) is 24.3 Å². The van der Waals surface area contributed by atoms with E-state index in [0.29, 0.717) is 11.8 Å². The molecule has 4 nitrogen and oxygen atoms in total. The summed E-state index contributed by atoms with van der Waals surface area (Å²) in [6.07, 6.45) is 0.688. The van der Waals surface area contributed by atoms with Crippen LogP contribution in [-0.4, -0.2) is 17.3 Å². The van der Waals surface area contributed by atoms with Crippen LogP contribution in [0, 0.1) is 0 Å². The summed E-state index contributed by atoms with van der Waals surface area (Å²) in [4.78, 5) is 23.0. The summed E-state index contributed by atoms with van der Waals surface area (Å²) in [7, 11) is 0. The van der Waals surface area contributed by atoms with Crippen LogP contribution < -0.4 is 5.32 Å². The molecule has 1 amide bonds. The minimum Gasteiger partial charge on any atom is -0.508 e. The molecule has 4 heteroatoms. The van der Waals surface area contributed by atoms with Gasteiger partial charge in [-0.3, -0.25) is 4.79 Å². The van der Waals surface area contributed by atoms with Crippen molar-refractivity contribution in [1.82, 2.24) is 5.32 Å². The van der Waals surface area contributed by atoms with E-state index in [1.807, 2.05) is 6.07 Å². The largest absolute Gasteiger partial charge is 0.508 e. The topological polar surface area (TPSA) is 66.4 Å². The van der Waals surface area contributed by atoms with Crippen LogP contribution in [-0.2, 0) is 4.79 Å². The molecule has 0 fully saturated rings. The Balaban J connectivity index is 2.13. The zero-order valence-electron chi connectivity index (χ0n) is 10.1. The Morgan fingerprint density at radius 3 is 2.26 bits per heavy atom. The molecule has 0 radical (unpaired) electrons. The van der Waals surface area contributed by atoms with Crippen molar-refractivity contribution >= 4 is 12.2 Å². The van der Waals surface area contributed by atoms with Crippen LogP contribution in [0.3, 0.4) is 0 Å². The van der Waals surface area contributed by atoms with E-state index in [1.54, 1.807) is 24.3 Å². The number of carbonyl (C=O) groups excluding carboxylic acids is 2. The smallest absolute Gasteiger partial charge is 0.252 e. The first-order valence-corrected chi connectivity index (χ1v) is 5.81. The maximum atomic E-state index is 11.9. The lowest BCUT2D eigenvalue weighted by Crippen LogP contribution is -2.29. The SMILES string of the molecule is O=CC(NC(=O)c1ccc(O)cc1)c1ccccc1. The molecule has 0 saturated carbocycles. The predicted molar refractivity (Wildman–Crippen MR) is 70.8 cm³/mol. The van der Waals surface area contributed by atoms with Crippen molar-refractivity contribution in [2.45, 2.75) is 6.04 Å². The standard InChI is InChI=1S/C15H13NO3/c17-10-14(11-4-2-1-3-5-11)16-15(19)12-6-8-13(18)9-7-12/h1-10,14,18H,(H,16,19). The molecular formula is C15H13NO3. The summed E-state index contributed by atoms with van der Waals surface area (Å²) in [6, 6.07) is 14.2. The summed E-state index contributed by atoms with van der Waals surface area (Å²) in [5.74, 6) is -0.271. The average Bonchev–Trinajstić information content (AvgIpc) is 2.46. The van der Waals surface area contributed by atoms with Gasteiger partial charge in [-0.1, -0.05) is 30.3 Å². The maximum absolute atomic E-state index is 11.9. The van der Waals surface area contributed by atoms with Gasteiger partial charge in [0.2, 0.25) is 0 Å². The summed E-state index contributed by atoms with van der Waals surface area (Å²) < 4.78 is 0. The lowest BCUT2D eigenvalue weighted by molar-refractivity contribution is -0.109. The molecule has 1 atom stereocenters. The molecular weight excluding hydrogens is 242 g/mol. The highest BCUT2D eigenvalue weighted by Crippen LogP contribution is 2.13. The number of rotatable bonds is 4. The van der Waals surface area contributed by atoms with Gasteiger partial charge in [-0.2, -0.15) is 0 Å². The number of carbonyl (C=O) groups is 2. The second-order valence-electron chi connectivity index (χ2n) is 4.04. The minimum atomic E-state index is -0.678. The highest BCUT2D eigenvalue weighted by Gasteiger charge is 2.14. The third kappa shape index (κ3) is 3.19. The summed E-state index contributed by atoms with van der Waals surface area (Å²) >= 11 is 0. The fraction of sp³-hybridized carbons (Fsp3) is 0.0667. The van der Waals surface area contributed by atoms with Gasteiger partial charge in [0, 0.05) is 5.56 Å². The normalized spacial score (nSPS) is 11.6. The van der Waals surface area contributed by atoms with Crippen LogP contribution in [0.25, 0.3) is 0 Å². The third-order valence-electron chi connectivity index (χ3n) is 2.71. The summed E-state index contributed by atoms with van der Waals surface area (Å²) in [5, 5.41) is 11.8. The molecule has 0 aliphatic heterocycles. The molecule has 0 bridgehead atoms. The first kappa shape index (κ1) is 12.8. The van der Waals surface area contributed by atoms with Crippen molar-refractivity contribution in [1.29, 1.82) is 0 Å². The van der Waals surface area contributed by atoms with Gasteiger partial charge in [-0.15, -0.1) is 0 Å². The number of phenols is 1. The Hall–Kier alpha value is -2.62. The van der Waals surface area contributed by atoms with Crippen molar-refractivity contribution in [2.75, 3.05) is 0 Å². The molecule has 0 heterocycles. The molecule has 19 heavy (non-hydrogen) atoms. The molecule has 1 unspecified atom stereocenters. The van der Waals surface area contributed by atoms with Gasteiger partial charge in [0.15, 0.2) is 0 Å². The van der Waals surface area contributed by atoms with Gasteiger partial charge >= 0.3 is 0 Å². The Morgan fingerprint density at radius 1 is 1.05 bits per heavy atom. The first-order chi connectivity index (χ1) is 9.20. The van der Waals surface area contributed by atoms with Gasteiger partial charge in [0.1, 0.15) is 18.1 Å².